The number of carbonyl (C=O) groups is 1. The van der Waals surface area contributed by atoms with E-state index < -0.39 is 5.97 Å². The summed E-state index contributed by atoms with van der Waals surface area (Å²) in [6.45, 7) is 2.27. The van der Waals surface area contributed by atoms with Gasteiger partial charge in [-0.15, -0.1) is 0 Å². The van der Waals surface area contributed by atoms with E-state index in [-0.39, 0.29) is 0 Å². The van der Waals surface area contributed by atoms with Crippen molar-refractivity contribution in [1.82, 2.24) is 0 Å². The molecule has 110 valence electrons. The standard InChI is InChI=1S/C16H22BrNO2/c1-3-11-4-6-14(7-5-11)18(2)15-9-12(16(19)20)8-13(17)10-15/h8-11,14H,3-7H2,1-2H3,(H,19,20). The number of rotatable bonds is 4. The summed E-state index contributed by atoms with van der Waals surface area (Å²) in [6, 6.07) is 5.93. The molecule has 1 fully saturated rings. The molecule has 4 heteroatoms. The first-order valence-corrected chi connectivity index (χ1v) is 8.07. The van der Waals surface area contributed by atoms with Crippen LogP contribution in [0.3, 0.4) is 0 Å². The summed E-state index contributed by atoms with van der Waals surface area (Å²) < 4.78 is 0.821. The molecule has 1 aliphatic carbocycles. The molecule has 3 nitrogen and oxygen atoms in total. The highest BCUT2D eigenvalue weighted by Crippen LogP contribution is 2.32. The molecule has 0 bridgehead atoms. The fraction of sp³-hybridized carbons (Fsp3) is 0.562. The predicted molar refractivity (Wildman–Crippen MR) is 85.5 cm³/mol. The predicted octanol–water partition coefficient (Wildman–Crippen LogP) is 4.55. The summed E-state index contributed by atoms with van der Waals surface area (Å²) in [5, 5.41) is 9.15. The number of benzene rings is 1. The number of halogens is 1. The molecule has 0 heterocycles. The first kappa shape index (κ1) is 15.4. The summed E-state index contributed by atoms with van der Waals surface area (Å²) in [6.07, 6.45) is 6.24. The minimum Gasteiger partial charge on any atom is -0.478 e. The van der Waals surface area contributed by atoms with Crippen LogP contribution in [0.25, 0.3) is 0 Å². The molecule has 20 heavy (non-hydrogen) atoms. The molecule has 0 amide bonds. The van der Waals surface area contributed by atoms with Gasteiger partial charge in [0.05, 0.1) is 5.56 Å². The van der Waals surface area contributed by atoms with Gasteiger partial charge in [-0.2, -0.15) is 0 Å². The van der Waals surface area contributed by atoms with E-state index in [1.807, 2.05) is 6.07 Å². The van der Waals surface area contributed by atoms with Crippen LogP contribution in [0.1, 0.15) is 49.4 Å². The van der Waals surface area contributed by atoms with Gasteiger partial charge in [-0.1, -0.05) is 29.3 Å². The Morgan fingerprint density at radius 3 is 2.50 bits per heavy atom. The maximum absolute atomic E-state index is 11.1. The van der Waals surface area contributed by atoms with Gasteiger partial charge in [-0.05, 0) is 49.8 Å². The second-order valence-electron chi connectivity index (χ2n) is 5.70. The van der Waals surface area contributed by atoms with Crippen molar-refractivity contribution in [2.45, 2.75) is 45.1 Å². The second kappa shape index (κ2) is 6.61. The van der Waals surface area contributed by atoms with E-state index in [4.69, 9.17) is 5.11 Å². The Bertz CT molecular complexity index is 481. The fourth-order valence-electron chi connectivity index (χ4n) is 3.05. The Kier molecular flexibility index (Phi) is 5.08. The third-order valence-corrected chi connectivity index (χ3v) is 4.94. The van der Waals surface area contributed by atoms with Crippen molar-refractivity contribution in [2.24, 2.45) is 5.92 Å². The molecule has 0 aromatic heterocycles. The lowest BCUT2D eigenvalue weighted by Crippen LogP contribution is -2.35. The van der Waals surface area contributed by atoms with Crippen molar-refractivity contribution in [3.05, 3.63) is 28.2 Å². The number of anilines is 1. The Morgan fingerprint density at radius 2 is 1.95 bits per heavy atom. The quantitative estimate of drug-likeness (QED) is 0.874. The first-order valence-electron chi connectivity index (χ1n) is 7.28. The lowest BCUT2D eigenvalue weighted by Gasteiger charge is -2.36. The van der Waals surface area contributed by atoms with Crippen molar-refractivity contribution in [2.75, 3.05) is 11.9 Å². The molecule has 2 rings (SSSR count). The van der Waals surface area contributed by atoms with Gasteiger partial charge in [0.1, 0.15) is 0 Å². The van der Waals surface area contributed by atoms with Crippen LogP contribution in [0.4, 0.5) is 5.69 Å². The molecule has 0 atom stereocenters. The van der Waals surface area contributed by atoms with Crippen LogP contribution in [-0.2, 0) is 0 Å². The molecule has 1 aromatic carbocycles. The molecule has 1 N–H and O–H groups in total. The van der Waals surface area contributed by atoms with Gasteiger partial charge in [0.25, 0.3) is 0 Å². The zero-order chi connectivity index (χ0) is 14.7. The second-order valence-corrected chi connectivity index (χ2v) is 6.61. The van der Waals surface area contributed by atoms with Crippen LogP contribution < -0.4 is 4.90 Å². The normalized spacial score (nSPS) is 22.6. The minimum absolute atomic E-state index is 0.337. The van der Waals surface area contributed by atoms with Crippen LogP contribution in [0.15, 0.2) is 22.7 Å². The van der Waals surface area contributed by atoms with Gasteiger partial charge in [-0.25, -0.2) is 4.79 Å². The van der Waals surface area contributed by atoms with Gasteiger partial charge >= 0.3 is 5.97 Å². The van der Waals surface area contributed by atoms with Gasteiger partial charge < -0.3 is 10.0 Å². The van der Waals surface area contributed by atoms with Gasteiger partial charge in [0.15, 0.2) is 0 Å². The van der Waals surface area contributed by atoms with Gasteiger partial charge in [0, 0.05) is 23.2 Å². The highest BCUT2D eigenvalue weighted by molar-refractivity contribution is 9.10. The minimum atomic E-state index is -0.879. The first-order chi connectivity index (χ1) is 9.51. The smallest absolute Gasteiger partial charge is 0.335 e. The van der Waals surface area contributed by atoms with E-state index in [1.165, 1.54) is 32.1 Å². The van der Waals surface area contributed by atoms with Crippen molar-refractivity contribution >= 4 is 27.6 Å². The maximum Gasteiger partial charge on any atom is 0.335 e. The van der Waals surface area contributed by atoms with Crippen molar-refractivity contribution in [1.29, 1.82) is 0 Å². The van der Waals surface area contributed by atoms with Crippen molar-refractivity contribution in [3.63, 3.8) is 0 Å². The zero-order valence-corrected chi connectivity index (χ0v) is 13.7. The SMILES string of the molecule is CCC1CCC(N(C)c2cc(Br)cc(C(=O)O)c2)CC1. The number of hydrogen-bond donors (Lipinski definition) is 1. The summed E-state index contributed by atoms with van der Waals surface area (Å²) in [5.74, 6) is -0.00705. The summed E-state index contributed by atoms with van der Waals surface area (Å²) >= 11 is 3.40. The summed E-state index contributed by atoms with van der Waals surface area (Å²) in [7, 11) is 2.07. The number of hydrogen-bond acceptors (Lipinski definition) is 2. The zero-order valence-electron chi connectivity index (χ0n) is 12.1. The van der Waals surface area contributed by atoms with Crippen LogP contribution in [0.2, 0.25) is 0 Å². The van der Waals surface area contributed by atoms with E-state index in [0.29, 0.717) is 11.6 Å². The molecule has 0 unspecified atom stereocenters. The molecule has 1 aliphatic rings. The Labute approximate surface area is 129 Å². The molecule has 1 saturated carbocycles. The van der Waals surface area contributed by atoms with Crippen LogP contribution in [-0.4, -0.2) is 24.2 Å². The van der Waals surface area contributed by atoms with Crippen LogP contribution in [0.5, 0.6) is 0 Å². The van der Waals surface area contributed by atoms with Crippen molar-refractivity contribution < 1.29 is 9.90 Å². The molecule has 0 saturated heterocycles. The Balaban J connectivity index is 2.13. The van der Waals surface area contributed by atoms with E-state index in [0.717, 1.165) is 16.1 Å². The number of carboxylic acids is 1. The highest BCUT2D eigenvalue weighted by Gasteiger charge is 2.23. The summed E-state index contributed by atoms with van der Waals surface area (Å²) in [4.78, 5) is 13.4. The average molecular weight is 340 g/mol. The van der Waals surface area contributed by atoms with E-state index >= 15 is 0 Å². The fourth-order valence-corrected chi connectivity index (χ4v) is 3.53. The van der Waals surface area contributed by atoms with E-state index in [1.54, 1.807) is 12.1 Å². The van der Waals surface area contributed by atoms with Crippen LogP contribution >= 0.6 is 15.9 Å². The number of aromatic carboxylic acids is 1. The third kappa shape index (κ3) is 3.54. The molecular formula is C16H22BrNO2. The van der Waals surface area contributed by atoms with Crippen molar-refractivity contribution in [3.8, 4) is 0 Å². The number of carboxylic acid groups (broad SMARTS) is 1. The Morgan fingerprint density at radius 1 is 1.30 bits per heavy atom. The monoisotopic (exact) mass is 339 g/mol. The molecule has 1 aromatic rings. The Hall–Kier alpha value is -1.03. The molecule has 0 spiro atoms. The highest BCUT2D eigenvalue weighted by atomic mass is 79.9. The average Bonchev–Trinajstić information content (AvgIpc) is 2.46. The third-order valence-electron chi connectivity index (χ3n) is 4.48. The van der Waals surface area contributed by atoms with Crippen LogP contribution in [0, 0.1) is 5.92 Å². The molecule has 0 aliphatic heterocycles. The molecule has 0 radical (unpaired) electrons. The van der Waals surface area contributed by atoms with Gasteiger partial charge in [-0.3, -0.25) is 0 Å². The van der Waals surface area contributed by atoms with Gasteiger partial charge in [0.2, 0.25) is 0 Å². The maximum atomic E-state index is 11.1. The summed E-state index contributed by atoms with van der Waals surface area (Å²) in [5.41, 5.74) is 1.32. The number of nitrogens with zero attached hydrogens (tertiary/aromatic N) is 1. The lowest BCUT2D eigenvalue weighted by atomic mass is 9.84. The molecular weight excluding hydrogens is 318 g/mol. The lowest BCUT2D eigenvalue weighted by molar-refractivity contribution is 0.0697. The topological polar surface area (TPSA) is 40.5 Å². The van der Waals surface area contributed by atoms with E-state index in [9.17, 15) is 4.79 Å². The largest absolute Gasteiger partial charge is 0.478 e. The van der Waals surface area contributed by atoms with E-state index in [2.05, 4.69) is 34.8 Å².